The summed E-state index contributed by atoms with van der Waals surface area (Å²) in [7, 11) is 0. The Morgan fingerprint density at radius 2 is 1.97 bits per heavy atom. The van der Waals surface area contributed by atoms with Crippen molar-refractivity contribution >= 4 is 17.8 Å². The summed E-state index contributed by atoms with van der Waals surface area (Å²) < 4.78 is 31.8. The molecule has 0 spiro atoms. The monoisotopic (exact) mass is 510 g/mol. The molecule has 3 heterocycles. The molecule has 1 aromatic heterocycles. The highest BCUT2D eigenvalue weighted by Crippen LogP contribution is 2.45. The molecular formula is C26H39FN2O7. The van der Waals surface area contributed by atoms with Gasteiger partial charge in [-0.2, -0.15) is 0 Å². The van der Waals surface area contributed by atoms with Gasteiger partial charge in [-0.05, 0) is 25.7 Å². The number of aliphatic hydroxyl groups is 2. The number of epoxide rings is 1. The number of nitrogens with zero attached hydrogens (tertiary/aromatic N) is 1. The smallest absolute Gasteiger partial charge is 0.309 e. The number of hydrogen-bond acceptors (Lipinski definition) is 9. The van der Waals surface area contributed by atoms with Crippen LogP contribution in [0.15, 0.2) is 16.5 Å². The molecule has 1 aromatic rings. The van der Waals surface area contributed by atoms with Gasteiger partial charge in [-0.3, -0.25) is 9.59 Å². The van der Waals surface area contributed by atoms with E-state index in [1.165, 1.54) is 20.1 Å². The number of fused-ring (bicyclic) bond motifs is 1. The van der Waals surface area contributed by atoms with Crippen molar-refractivity contribution in [3.63, 3.8) is 0 Å². The fraction of sp³-hybridized carbons (Fsp3) is 0.731. The Morgan fingerprint density at radius 1 is 1.28 bits per heavy atom. The SMILES string of the molecule is C[C@H]1CCC[C@@]2(C)O[C@H]2C[C@@H](C(F)=Cc2coc(CN)n2)OC(=O)C[C@H](O)C(C)(C)C(=O)[C@H](C)[C@H]1O. The van der Waals surface area contributed by atoms with Crippen LogP contribution in [0.4, 0.5) is 4.39 Å². The number of halogens is 1. The second-order valence-corrected chi connectivity index (χ2v) is 11.0. The third-order valence-electron chi connectivity index (χ3n) is 7.74. The maximum Gasteiger partial charge on any atom is 0.309 e. The summed E-state index contributed by atoms with van der Waals surface area (Å²) in [4.78, 5) is 30.0. The van der Waals surface area contributed by atoms with Gasteiger partial charge >= 0.3 is 5.97 Å². The van der Waals surface area contributed by atoms with E-state index in [1.54, 1.807) is 6.92 Å². The van der Waals surface area contributed by atoms with E-state index in [4.69, 9.17) is 19.6 Å². The highest BCUT2D eigenvalue weighted by molar-refractivity contribution is 5.88. The number of Topliss-reactive ketones (excluding diaryl/α,β-unsaturated/α-hetero) is 1. The summed E-state index contributed by atoms with van der Waals surface area (Å²) in [5, 5.41) is 21.6. The maximum absolute atomic E-state index is 15.3. The summed E-state index contributed by atoms with van der Waals surface area (Å²) >= 11 is 0. The van der Waals surface area contributed by atoms with Crippen molar-refractivity contribution in [3.05, 3.63) is 23.7 Å². The second-order valence-electron chi connectivity index (χ2n) is 11.0. The number of aromatic nitrogens is 1. The molecule has 4 N–H and O–H groups in total. The molecule has 202 valence electrons. The van der Waals surface area contributed by atoms with E-state index < -0.39 is 53.5 Å². The summed E-state index contributed by atoms with van der Waals surface area (Å²) in [6.45, 7) is 8.57. The van der Waals surface area contributed by atoms with Gasteiger partial charge < -0.3 is 29.8 Å². The van der Waals surface area contributed by atoms with E-state index in [9.17, 15) is 19.8 Å². The van der Waals surface area contributed by atoms with Crippen molar-refractivity contribution < 1.29 is 38.1 Å². The number of carbonyl (C=O) groups is 2. The average Bonchev–Trinajstić information content (AvgIpc) is 3.23. The summed E-state index contributed by atoms with van der Waals surface area (Å²) in [6.07, 6.45) is 0.181. The van der Waals surface area contributed by atoms with E-state index in [1.807, 2.05) is 13.8 Å². The van der Waals surface area contributed by atoms with Crippen molar-refractivity contribution in [1.29, 1.82) is 0 Å². The quantitative estimate of drug-likeness (QED) is 0.412. The third kappa shape index (κ3) is 6.40. The van der Waals surface area contributed by atoms with Crippen LogP contribution < -0.4 is 5.73 Å². The Hall–Kier alpha value is -2.14. The average molecular weight is 511 g/mol. The Kier molecular flexibility index (Phi) is 8.75. The number of hydrogen-bond donors (Lipinski definition) is 3. The zero-order chi connectivity index (χ0) is 26.8. The van der Waals surface area contributed by atoms with Gasteiger partial charge in [-0.25, -0.2) is 9.37 Å². The number of oxazole rings is 1. The Balaban J connectivity index is 1.85. The van der Waals surface area contributed by atoms with Crippen LogP contribution in [0.1, 0.15) is 78.3 Å². The molecular weight excluding hydrogens is 471 g/mol. The van der Waals surface area contributed by atoms with E-state index >= 15 is 4.39 Å². The van der Waals surface area contributed by atoms with Crippen LogP contribution in [0.3, 0.4) is 0 Å². The molecule has 0 amide bonds. The number of rotatable bonds is 3. The Morgan fingerprint density at radius 3 is 2.61 bits per heavy atom. The lowest BCUT2D eigenvalue weighted by atomic mass is 9.73. The number of ketones is 1. The highest BCUT2D eigenvalue weighted by atomic mass is 19.1. The zero-order valence-corrected chi connectivity index (χ0v) is 21.7. The lowest BCUT2D eigenvalue weighted by molar-refractivity contribution is -0.155. The van der Waals surface area contributed by atoms with Gasteiger partial charge in [0.05, 0.1) is 42.3 Å². The minimum atomic E-state index is -1.38. The predicted octanol–water partition coefficient (Wildman–Crippen LogP) is 3.07. The molecule has 36 heavy (non-hydrogen) atoms. The van der Waals surface area contributed by atoms with Gasteiger partial charge in [-0.15, -0.1) is 0 Å². The number of ether oxygens (including phenoxy) is 2. The number of carbonyl (C=O) groups excluding carboxylic acids is 2. The number of esters is 1. The van der Waals surface area contributed by atoms with Gasteiger partial charge in [0.1, 0.15) is 23.6 Å². The molecule has 2 fully saturated rings. The van der Waals surface area contributed by atoms with Crippen LogP contribution in [0, 0.1) is 17.3 Å². The molecule has 9 nitrogen and oxygen atoms in total. The standard InChI is InChI=1S/C26H39FN2O7/c1-14-7-6-8-26(5)20(36-26)10-18(17(27)9-16-13-34-21(12-28)29-16)35-22(31)11-19(30)25(3,4)24(33)15(2)23(14)32/h9,13-15,18-20,23,30,32H,6-8,10-12,28H2,1-5H3/t14-,15+,18-,19-,20-,23-,26+/m0/s1. The largest absolute Gasteiger partial charge is 0.455 e. The van der Waals surface area contributed by atoms with Crippen molar-refractivity contribution in [2.75, 3.05) is 0 Å². The molecule has 7 atom stereocenters. The summed E-state index contributed by atoms with van der Waals surface area (Å²) in [5.41, 5.74) is 3.86. The first-order valence-electron chi connectivity index (χ1n) is 12.6. The van der Waals surface area contributed by atoms with Crippen molar-refractivity contribution in [2.45, 2.75) is 103 Å². The van der Waals surface area contributed by atoms with Crippen LogP contribution in [-0.4, -0.2) is 57.0 Å². The van der Waals surface area contributed by atoms with E-state index in [-0.39, 0.29) is 42.4 Å². The van der Waals surface area contributed by atoms with Crippen LogP contribution >= 0.6 is 0 Å². The van der Waals surface area contributed by atoms with E-state index in [0.717, 1.165) is 12.5 Å². The first-order chi connectivity index (χ1) is 16.8. The highest BCUT2D eigenvalue weighted by Gasteiger charge is 2.53. The minimum absolute atomic E-state index is 0.0583. The Bertz CT molecular complexity index is 977. The number of aliphatic hydroxyl groups excluding tert-OH is 2. The predicted molar refractivity (Wildman–Crippen MR) is 129 cm³/mol. The molecule has 2 aliphatic heterocycles. The Labute approximate surface area is 211 Å². The molecule has 0 aliphatic carbocycles. The van der Waals surface area contributed by atoms with E-state index in [2.05, 4.69) is 4.98 Å². The first-order valence-corrected chi connectivity index (χ1v) is 12.6. The van der Waals surface area contributed by atoms with Gasteiger partial charge in [0, 0.05) is 18.4 Å². The molecule has 0 bridgehead atoms. The van der Waals surface area contributed by atoms with Crippen molar-refractivity contribution in [1.82, 2.24) is 4.98 Å². The van der Waals surface area contributed by atoms with Gasteiger partial charge in [-0.1, -0.05) is 34.1 Å². The molecule has 0 saturated carbocycles. The van der Waals surface area contributed by atoms with Gasteiger partial charge in [0.15, 0.2) is 6.10 Å². The molecule has 10 heteroatoms. The number of nitrogens with two attached hydrogens (primary N) is 1. The normalized spacial score (nSPS) is 36.8. The van der Waals surface area contributed by atoms with Crippen LogP contribution in [0.25, 0.3) is 6.08 Å². The van der Waals surface area contributed by atoms with Crippen molar-refractivity contribution in [3.8, 4) is 0 Å². The van der Waals surface area contributed by atoms with Crippen LogP contribution in [0.2, 0.25) is 0 Å². The lowest BCUT2D eigenvalue weighted by Gasteiger charge is -2.34. The van der Waals surface area contributed by atoms with Gasteiger partial charge in [0.2, 0.25) is 5.89 Å². The van der Waals surface area contributed by atoms with Crippen LogP contribution in [-0.2, 0) is 25.6 Å². The lowest BCUT2D eigenvalue weighted by Crippen LogP contribution is -2.45. The third-order valence-corrected chi connectivity index (χ3v) is 7.74. The molecule has 0 unspecified atom stereocenters. The summed E-state index contributed by atoms with van der Waals surface area (Å²) in [5.74, 6) is -2.58. The molecule has 2 aliphatic rings. The number of cyclic esters (lactones) is 1. The molecule has 0 aromatic carbocycles. The first kappa shape index (κ1) is 28.4. The maximum atomic E-state index is 15.3. The second kappa shape index (κ2) is 11.1. The fourth-order valence-electron chi connectivity index (χ4n) is 4.90. The molecule has 3 rings (SSSR count). The summed E-state index contributed by atoms with van der Waals surface area (Å²) in [6, 6.07) is 0. The van der Waals surface area contributed by atoms with Gasteiger partial charge in [0.25, 0.3) is 0 Å². The molecule has 2 saturated heterocycles. The van der Waals surface area contributed by atoms with Crippen LogP contribution in [0.5, 0.6) is 0 Å². The zero-order valence-electron chi connectivity index (χ0n) is 21.7. The topological polar surface area (TPSA) is 148 Å². The van der Waals surface area contributed by atoms with Crippen molar-refractivity contribution in [2.24, 2.45) is 23.0 Å². The molecule has 0 radical (unpaired) electrons. The van der Waals surface area contributed by atoms with E-state index in [0.29, 0.717) is 12.8 Å². The minimum Gasteiger partial charge on any atom is -0.455 e. The fourth-order valence-corrected chi connectivity index (χ4v) is 4.90.